The van der Waals surface area contributed by atoms with E-state index in [-0.39, 0.29) is 12.3 Å². The summed E-state index contributed by atoms with van der Waals surface area (Å²) in [6.07, 6.45) is 0.227. The first-order valence-electron chi connectivity index (χ1n) is 11.6. The third-order valence-corrected chi connectivity index (χ3v) is 5.97. The molecule has 182 valence electrons. The van der Waals surface area contributed by atoms with Crippen molar-refractivity contribution in [1.82, 2.24) is 0 Å². The van der Waals surface area contributed by atoms with E-state index in [9.17, 15) is 9.59 Å². The van der Waals surface area contributed by atoms with Crippen molar-refractivity contribution in [2.75, 3.05) is 32.3 Å². The molecule has 0 saturated carbocycles. The first kappa shape index (κ1) is 24.1. The van der Waals surface area contributed by atoms with Gasteiger partial charge in [0.15, 0.2) is 11.5 Å². The van der Waals surface area contributed by atoms with E-state index in [0.717, 1.165) is 22.4 Å². The number of ether oxygens (including phenoxy) is 4. The lowest BCUT2D eigenvalue weighted by atomic mass is 9.86. The molecule has 1 heterocycles. The number of carbonyl (C=O) groups excluding carboxylic acids is 2. The van der Waals surface area contributed by atoms with Crippen molar-refractivity contribution in [2.24, 2.45) is 0 Å². The van der Waals surface area contributed by atoms with Crippen LogP contribution in [-0.2, 0) is 16.0 Å². The summed E-state index contributed by atoms with van der Waals surface area (Å²) in [6.45, 7) is 4.81. The van der Waals surface area contributed by atoms with Crippen LogP contribution in [0.15, 0.2) is 60.7 Å². The van der Waals surface area contributed by atoms with Gasteiger partial charge in [-0.25, -0.2) is 4.79 Å². The molecule has 1 atom stereocenters. The van der Waals surface area contributed by atoms with Crippen LogP contribution in [0.3, 0.4) is 0 Å². The highest BCUT2D eigenvalue weighted by atomic mass is 16.5. The molecule has 1 aliphatic heterocycles. The third-order valence-electron chi connectivity index (χ3n) is 5.97. The molecule has 0 bridgehead atoms. The summed E-state index contributed by atoms with van der Waals surface area (Å²) in [5.41, 5.74) is 3.87. The van der Waals surface area contributed by atoms with Crippen LogP contribution < -0.4 is 19.1 Å². The van der Waals surface area contributed by atoms with E-state index in [4.69, 9.17) is 18.9 Å². The molecular weight excluding hydrogens is 446 g/mol. The van der Waals surface area contributed by atoms with Gasteiger partial charge in [0.05, 0.1) is 45.5 Å². The lowest BCUT2D eigenvalue weighted by Crippen LogP contribution is -2.41. The number of rotatable bonds is 8. The Bertz CT molecular complexity index is 1200. The first-order chi connectivity index (χ1) is 17.0. The van der Waals surface area contributed by atoms with Crippen molar-refractivity contribution in [3.8, 4) is 17.2 Å². The number of hydrogen-bond donors (Lipinski definition) is 0. The maximum absolute atomic E-state index is 13.5. The molecule has 7 nitrogen and oxygen atoms in total. The van der Waals surface area contributed by atoms with E-state index in [1.807, 2.05) is 62.4 Å². The summed E-state index contributed by atoms with van der Waals surface area (Å²) in [4.78, 5) is 27.3. The van der Waals surface area contributed by atoms with Gasteiger partial charge >= 0.3 is 5.97 Å². The Morgan fingerprint density at radius 1 is 0.914 bits per heavy atom. The Kier molecular flexibility index (Phi) is 7.25. The minimum atomic E-state index is -0.429. The molecule has 4 rings (SSSR count). The minimum Gasteiger partial charge on any atom is -0.497 e. The fourth-order valence-corrected chi connectivity index (χ4v) is 4.38. The topological polar surface area (TPSA) is 74.3 Å². The molecule has 0 radical (unpaired) electrons. The number of methoxy groups -OCH3 is 2. The number of amides is 1. The van der Waals surface area contributed by atoms with Gasteiger partial charge in [-0.1, -0.05) is 12.1 Å². The summed E-state index contributed by atoms with van der Waals surface area (Å²) in [6, 6.07) is 18.0. The maximum Gasteiger partial charge on any atom is 0.337 e. The number of anilines is 1. The number of benzene rings is 3. The molecule has 1 aliphatic rings. The summed E-state index contributed by atoms with van der Waals surface area (Å²) in [5, 5.41) is 0. The Morgan fingerprint density at radius 3 is 2.11 bits per heavy atom. The van der Waals surface area contributed by atoms with Crippen LogP contribution in [0.5, 0.6) is 17.2 Å². The summed E-state index contributed by atoms with van der Waals surface area (Å²) in [5.74, 6) is 1.50. The third kappa shape index (κ3) is 4.80. The monoisotopic (exact) mass is 475 g/mol. The van der Waals surface area contributed by atoms with Crippen LogP contribution in [-0.4, -0.2) is 39.3 Å². The highest BCUT2D eigenvalue weighted by Crippen LogP contribution is 2.43. The Labute approximate surface area is 205 Å². The largest absolute Gasteiger partial charge is 0.497 e. The number of hydrogen-bond acceptors (Lipinski definition) is 6. The van der Waals surface area contributed by atoms with Crippen LogP contribution in [0.2, 0.25) is 0 Å². The number of esters is 1. The molecule has 0 fully saturated rings. The second-order valence-corrected chi connectivity index (χ2v) is 8.02. The van der Waals surface area contributed by atoms with Crippen molar-refractivity contribution in [1.29, 1.82) is 0 Å². The molecule has 35 heavy (non-hydrogen) atoms. The molecule has 3 aromatic carbocycles. The van der Waals surface area contributed by atoms with Gasteiger partial charge in [0.2, 0.25) is 5.91 Å². The van der Waals surface area contributed by atoms with Crippen LogP contribution >= 0.6 is 0 Å². The highest BCUT2D eigenvalue weighted by molar-refractivity contribution is 5.98. The summed E-state index contributed by atoms with van der Waals surface area (Å²) < 4.78 is 21.8. The van der Waals surface area contributed by atoms with E-state index >= 15 is 0 Å². The quantitative estimate of drug-likeness (QED) is 0.429. The fraction of sp³-hybridized carbons (Fsp3) is 0.286. The van der Waals surface area contributed by atoms with Gasteiger partial charge in [-0.15, -0.1) is 0 Å². The zero-order valence-electron chi connectivity index (χ0n) is 20.4. The van der Waals surface area contributed by atoms with Gasteiger partial charge in [-0.3, -0.25) is 4.79 Å². The molecule has 0 spiro atoms. The lowest BCUT2D eigenvalue weighted by molar-refractivity contribution is -0.118. The zero-order valence-corrected chi connectivity index (χ0v) is 20.4. The van der Waals surface area contributed by atoms with Crippen molar-refractivity contribution in [2.45, 2.75) is 26.3 Å². The molecule has 0 saturated heterocycles. The summed E-state index contributed by atoms with van der Waals surface area (Å²) in [7, 11) is 2.96. The predicted octanol–water partition coefficient (Wildman–Crippen LogP) is 4.96. The van der Waals surface area contributed by atoms with E-state index < -0.39 is 12.0 Å². The second kappa shape index (κ2) is 10.5. The normalized spacial score (nSPS) is 14.8. The SMILES string of the molecule is CCOc1cc2c(cc1OCC)[C@H](c1ccc(C(=O)OC)cc1)N(c1ccc(OC)cc1)C(=O)C2. The number of carbonyl (C=O) groups is 2. The Morgan fingerprint density at radius 2 is 1.54 bits per heavy atom. The zero-order chi connectivity index (χ0) is 24.9. The van der Waals surface area contributed by atoms with E-state index in [0.29, 0.717) is 36.0 Å². The highest BCUT2D eigenvalue weighted by Gasteiger charge is 2.36. The molecule has 0 aliphatic carbocycles. The van der Waals surface area contributed by atoms with Crippen molar-refractivity contribution in [3.63, 3.8) is 0 Å². The number of nitrogens with zero attached hydrogens (tertiary/aromatic N) is 1. The average Bonchev–Trinajstić information content (AvgIpc) is 2.88. The molecule has 3 aromatic rings. The second-order valence-electron chi connectivity index (χ2n) is 8.02. The molecule has 1 amide bonds. The van der Waals surface area contributed by atoms with Crippen LogP contribution in [0, 0.1) is 0 Å². The van der Waals surface area contributed by atoms with Crippen LogP contribution in [0.25, 0.3) is 0 Å². The Hall–Kier alpha value is -4.00. The van der Waals surface area contributed by atoms with Gasteiger partial charge < -0.3 is 23.8 Å². The van der Waals surface area contributed by atoms with E-state index in [1.54, 1.807) is 24.1 Å². The molecule has 0 N–H and O–H groups in total. The molecular formula is C28H29NO6. The first-order valence-corrected chi connectivity index (χ1v) is 11.6. The summed E-state index contributed by atoms with van der Waals surface area (Å²) >= 11 is 0. The van der Waals surface area contributed by atoms with E-state index in [2.05, 4.69) is 0 Å². The lowest BCUT2D eigenvalue weighted by Gasteiger charge is -2.38. The average molecular weight is 476 g/mol. The predicted molar refractivity (Wildman–Crippen MR) is 133 cm³/mol. The fourth-order valence-electron chi connectivity index (χ4n) is 4.38. The van der Waals surface area contributed by atoms with Gasteiger partial charge in [0.1, 0.15) is 5.75 Å². The standard InChI is InChI=1S/C28H29NO6/c1-5-34-24-15-20-16-26(30)29(21-11-13-22(32-3)14-12-21)27(23(20)17-25(24)35-6-2)18-7-9-19(10-8-18)28(31)33-4/h7-15,17,27H,5-6,16H2,1-4H3/t27-/m0/s1. The smallest absolute Gasteiger partial charge is 0.337 e. The van der Waals surface area contributed by atoms with Crippen molar-refractivity contribution in [3.05, 3.63) is 82.9 Å². The van der Waals surface area contributed by atoms with Crippen LogP contribution in [0.1, 0.15) is 46.9 Å². The van der Waals surface area contributed by atoms with Gasteiger partial charge in [0, 0.05) is 5.69 Å². The molecule has 0 unspecified atom stereocenters. The molecule has 7 heteroatoms. The molecule has 0 aromatic heterocycles. The van der Waals surface area contributed by atoms with Gasteiger partial charge in [-0.05, 0) is 79.1 Å². The van der Waals surface area contributed by atoms with Gasteiger partial charge in [0.25, 0.3) is 0 Å². The van der Waals surface area contributed by atoms with Crippen molar-refractivity contribution < 1.29 is 28.5 Å². The van der Waals surface area contributed by atoms with E-state index in [1.165, 1.54) is 7.11 Å². The Balaban J connectivity index is 1.88. The van der Waals surface area contributed by atoms with Crippen LogP contribution in [0.4, 0.5) is 5.69 Å². The maximum atomic E-state index is 13.5. The minimum absolute atomic E-state index is 0.0451. The van der Waals surface area contributed by atoms with Gasteiger partial charge in [-0.2, -0.15) is 0 Å². The van der Waals surface area contributed by atoms with Crippen molar-refractivity contribution >= 4 is 17.6 Å². The number of fused-ring (bicyclic) bond motifs is 1.